The first-order valence-corrected chi connectivity index (χ1v) is 6.50. The average molecular weight is 210 g/mol. The van der Waals surface area contributed by atoms with Crippen molar-refractivity contribution < 1.29 is 0 Å². The first kappa shape index (κ1) is 11.4. The first-order chi connectivity index (χ1) is 7.04. The minimum atomic E-state index is 0.476. The number of fused-ring (bicyclic) bond motifs is 2. The summed E-state index contributed by atoms with van der Waals surface area (Å²) in [6.07, 6.45) is 4.09. The van der Waals surface area contributed by atoms with E-state index in [-0.39, 0.29) is 0 Å². The summed E-state index contributed by atoms with van der Waals surface area (Å²) in [5, 5.41) is 3.78. The van der Waals surface area contributed by atoms with Gasteiger partial charge in [-0.1, -0.05) is 20.8 Å². The van der Waals surface area contributed by atoms with E-state index in [1.807, 2.05) is 0 Å². The lowest BCUT2D eigenvalue weighted by atomic mass is 9.90. The van der Waals surface area contributed by atoms with Crippen LogP contribution in [0.25, 0.3) is 0 Å². The number of hydrogen-bond donors (Lipinski definition) is 1. The molecule has 0 amide bonds. The number of piperidine rings is 1. The standard InChI is InChI=1S/C13H26N2/c1-13(2,3)6-7-14-12-5-9-15-8-4-11(12)10-15/h11-12,14H,4-10H2,1-3H3. The van der Waals surface area contributed by atoms with Gasteiger partial charge in [-0.2, -0.15) is 0 Å². The van der Waals surface area contributed by atoms with Gasteiger partial charge in [0, 0.05) is 12.6 Å². The van der Waals surface area contributed by atoms with Crippen LogP contribution in [-0.2, 0) is 0 Å². The van der Waals surface area contributed by atoms with Crippen molar-refractivity contribution in [1.82, 2.24) is 10.2 Å². The van der Waals surface area contributed by atoms with E-state index in [9.17, 15) is 0 Å². The summed E-state index contributed by atoms with van der Waals surface area (Å²) in [7, 11) is 0. The van der Waals surface area contributed by atoms with Gasteiger partial charge in [-0.05, 0) is 50.2 Å². The molecule has 2 saturated heterocycles. The van der Waals surface area contributed by atoms with Crippen molar-refractivity contribution in [3.05, 3.63) is 0 Å². The smallest absolute Gasteiger partial charge is 0.0120 e. The summed E-state index contributed by atoms with van der Waals surface area (Å²) in [6, 6.07) is 0.811. The zero-order valence-corrected chi connectivity index (χ0v) is 10.6. The molecule has 1 N–H and O–H groups in total. The maximum absolute atomic E-state index is 3.78. The van der Waals surface area contributed by atoms with Crippen LogP contribution >= 0.6 is 0 Å². The third-order valence-electron chi connectivity index (χ3n) is 3.92. The lowest BCUT2D eigenvalue weighted by Gasteiger charge is -2.32. The van der Waals surface area contributed by atoms with Gasteiger partial charge in [-0.25, -0.2) is 0 Å². The zero-order chi connectivity index (χ0) is 10.9. The SMILES string of the molecule is CC(C)(C)CCNC1CCN2CCC1C2. The molecule has 88 valence electrons. The van der Waals surface area contributed by atoms with Crippen LogP contribution in [0.4, 0.5) is 0 Å². The van der Waals surface area contributed by atoms with Crippen LogP contribution in [0.2, 0.25) is 0 Å². The van der Waals surface area contributed by atoms with Crippen LogP contribution in [0, 0.1) is 11.3 Å². The second-order valence-corrected chi connectivity index (χ2v) is 6.51. The molecule has 2 heterocycles. The Hall–Kier alpha value is -0.0800. The molecule has 2 aliphatic heterocycles. The average Bonchev–Trinajstić information content (AvgIpc) is 2.51. The Balaban J connectivity index is 1.71. The summed E-state index contributed by atoms with van der Waals surface area (Å²) in [5.74, 6) is 0.943. The molecule has 2 heteroatoms. The number of hydrogen-bond acceptors (Lipinski definition) is 2. The normalized spacial score (nSPS) is 35.8. The quantitative estimate of drug-likeness (QED) is 0.767. The second kappa shape index (κ2) is 4.42. The monoisotopic (exact) mass is 210 g/mol. The highest BCUT2D eigenvalue weighted by Crippen LogP contribution is 2.27. The molecule has 0 spiro atoms. The summed E-state index contributed by atoms with van der Waals surface area (Å²) in [6.45, 7) is 12.2. The molecule has 0 aromatic rings. The maximum Gasteiger partial charge on any atom is 0.0120 e. The van der Waals surface area contributed by atoms with Crippen molar-refractivity contribution in [3.8, 4) is 0 Å². The van der Waals surface area contributed by atoms with Crippen LogP contribution in [0.1, 0.15) is 40.0 Å². The Morgan fingerprint density at radius 1 is 1.20 bits per heavy atom. The van der Waals surface area contributed by atoms with Gasteiger partial charge in [0.05, 0.1) is 0 Å². The molecule has 0 aromatic carbocycles. The largest absolute Gasteiger partial charge is 0.314 e. The summed E-state index contributed by atoms with van der Waals surface area (Å²) < 4.78 is 0. The molecule has 3 unspecified atom stereocenters. The van der Waals surface area contributed by atoms with Gasteiger partial charge in [0.1, 0.15) is 0 Å². The molecule has 15 heavy (non-hydrogen) atoms. The van der Waals surface area contributed by atoms with E-state index in [0.29, 0.717) is 5.41 Å². The molecular formula is C13H26N2. The molecule has 2 aliphatic rings. The van der Waals surface area contributed by atoms with Crippen LogP contribution in [0.3, 0.4) is 0 Å². The maximum atomic E-state index is 3.78. The molecule has 0 saturated carbocycles. The molecular weight excluding hydrogens is 184 g/mol. The topological polar surface area (TPSA) is 15.3 Å². The molecule has 2 nitrogen and oxygen atoms in total. The number of rotatable bonds is 3. The fraction of sp³-hybridized carbons (Fsp3) is 1.00. The minimum absolute atomic E-state index is 0.476. The van der Waals surface area contributed by atoms with Gasteiger partial charge < -0.3 is 10.2 Å². The van der Waals surface area contributed by atoms with E-state index in [2.05, 4.69) is 31.0 Å². The first-order valence-electron chi connectivity index (χ1n) is 6.50. The van der Waals surface area contributed by atoms with E-state index in [1.54, 1.807) is 0 Å². The highest BCUT2D eigenvalue weighted by molar-refractivity contribution is 4.90. The van der Waals surface area contributed by atoms with Gasteiger partial charge in [0.15, 0.2) is 0 Å². The van der Waals surface area contributed by atoms with Crippen molar-refractivity contribution >= 4 is 0 Å². The van der Waals surface area contributed by atoms with Crippen LogP contribution in [0.5, 0.6) is 0 Å². The highest BCUT2D eigenvalue weighted by Gasteiger charge is 2.33. The Kier molecular flexibility index (Phi) is 3.36. The number of nitrogens with one attached hydrogen (secondary N) is 1. The van der Waals surface area contributed by atoms with E-state index in [0.717, 1.165) is 12.0 Å². The van der Waals surface area contributed by atoms with E-state index in [1.165, 1.54) is 45.4 Å². The van der Waals surface area contributed by atoms with Crippen LogP contribution < -0.4 is 5.32 Å². The summed E-state index contributed by atoms with van der Waals surface area (Å²) in [4.78, 5) is 2.62. The van der Waals surface area contributed by atoms with Crippen molar-refractivity contribution in [2.24, 2.45) is 11.3 Å². The minimum Gasteiger partial charge on any atom is -0.314 e. The van der Waals surface area contributed by atoms with Crippen LogP contribution in [-0.4, -0.2) is 37.1 Å². The molecule has 3 atom stereocenters. The Labute approximate surface area is 94.4 Å². The molecule has 0 aromatic heterocycles. The van der Waals surface area contributed by atoms with Gasteiger partial charge in [-0.3, -0.25) is 0 Å². The molecule has 2 bridgehead atoms. The summed E-state index contributed by atoms with van der Waals surface area (Å²) in [5.41, 5.74) is 0.476. The Morgan fingerprint density at radius 2 is 1.93 bits per heavy atom. The third-order valence-corrected chi connectivity index (χ3v) is 3.92. The predicted molar refractivity (Wildman–Crippen MR) is 65.0 cm³/mol. The predicted octanol–water partition coefficient (Wildman–Crippen LogP) is 2.11. The van der Waals surface area contributed by atoms with Gasteiger partial charge in [0.2, 0.25) is 0 Å². The highest BCUT2D eigenvalue weighted by atomic mass is 15.2. The fourth-order valence-electron chi connectivity index (χ4n) is 2.85. The second-order valence-electron chi connectivity index (χ2n) is 6.51. The van der Waals surface area contributed by atoms with E-state index < -0.39 is 0 Å². The lowest BCUT2D eigenvalue weighted by molar-refractivity contribution is 0.215. The fourth-order valence-corrected chi connectivity index (χ4v) is 2.85. The summed E-state index contributed by atoms with van der Waals surface area (Å²) >= 11 is 0. The Morgan fingerprint density at radius 3 is 2.67 bits per heavy atom. The van der Waals surface area contributed by atoms with Crippen molar-refractivity contribution in [3.63, 3.8) is 0 Å². The van der Waals surface area contributed by atoms with Crippen molar-refractivity contribution in [1.29, 1.82) is 0 Å². The molecule has 0 aliphatic carbocycles. The Bertz CT molecular complexity index is 207. The third kappa shape index (κ3) is 3.18. The van der Waals surface area contributed by atoms with Crippen molar-refractivity contribution in [2.45, 2.75) is 46.1 Å². The zero-order valence-electron chi connectivity index (χ0n) is 10.6. The van der Waals surface area contributed by atoms with E-state index in [4.69, 9.17) is 0 Å². The lowest BCUT2D eigenvalue weighted by Crippen LogP contribution is -2.44. The van der Waals surface area contributed by atoms with Gasteiger partial charge >= 0.3 is 0 Å². The molecule has 2 rings (SSSR count). The van der Waals surface area contributed by atoms with Crippen molar-refractivity contribution in [2.75, 3.05) is 26.2 Å². The van der Waals surface area contributed by atoms with Crippen LogP contribution in [0.15, 0.2) is 0 Å². The molecule has 0 radical (unpaired) electrons. The molecule has 2 fully saturated rings. The number of nitrogens with zero attached hydrogens (tertiary/aromatic N) is 1. The van der Waals surface area contributed by atoms with Gasteiger partial charge in [-0.15, -0.1) is 0 Å². The van der Waals surface area contributed by atoms with E-state index >= 15 is 0 Å². The van der Waals surface area contributed by atoms with Gasteiger partial charge in [0.25, 0.3) is 0 Å².